The van der Waals surface area contributed by atoms with Crippen LogP contribution in [-0.4, -0.2) is 38.4 Å². The highest BCUT2D eigenvalue weighted by Crippen LogP contribution is 2.20. The topological polar surface area (TPSA) is 63.7 Å². The quantitative estimate of drug-likeness (QED) is 0.785. The Balaban J connectivity index is 2.06. The van der Waals surface area contributed by atoms with Crippen molar-refractivity contribution in [1.29, 1.82) is 0 Å². The fourth-order valence-corrected chi connectivity index (χ4v) is 3.13. The fraction of sp³-hybridized carbons (Fsp3) is 0.462. The van der Waals surface area contributed by atoms with Gasteiger partial charge in [-0.3, -0.25) is 8.98 Å². The number of aryl methyl sites for hydroxylation is 1. The SMILES string of the molecule is CC(=O)N1CC[C@H](OS(=O)(=O)c2ccc(C)cc2)C1. The third-order valence-corrected chi connectivity index (χ3v) is 4.54. The first-order valence-corrected chi connectivity index (χ1v) is 7.55. The summed E-state index contributed by atoms with van der Waals surface area (Å²) in [6.45, 7) is 4.24. The minimum Gasteiger partial charge on any atom is -0.340 e. The Labute approximate surface area is 113 Å². The molecule has 0 aliphatic carbocycles. The van der Waals surface area contributed by atoms with E-state index < -0.39 is 16.2 Å². The number of hydrogen-bond donors (Lipinski definition) is 0. The predicted octanol–water partition coefficient (Wildman–Crippen LogP) is 1.32. The number of carbonyl (C=O) groups excluding carboxylic acids is 1. The summed E-state index contributed by atoms with van der Waals surface area (Å²) < 4.78 is 29.3. The highest BCUT2D eigenvalue weighted by atomic mass is 32.2. The Morgan fingerprint density at radius 2 is 1.95 bits per heavy atom. The average molecular weight is 283 g/mol. The summed E-state index contributed by atoms with van der Waals surface area (Å²) in [5.74, 6) is -0.0566. The van der Waals surface area contributed by atoms with Crippen LogP contribution in [0.15, 0.2) is 29.2 Å². The van der Waals surface area contributed by atoms with Crippen LogP contribution in [-0.2, 0) is 19.1 Å². The molecular formula is C13H17NO4S. The minimum absolute atomic E-state index is 0.0566. The van der Waals surface area contributed by atoms with Crippen molar-refractivity contribution in [2.24, 2.45) is 0 Å². The number of carbonyl (C=O) groups is 1. The number of rotatable bonds is 3. The molecule has 1 heterocycles. The van der Waals surface area contributed by atoms with Crippen LogP contribution in [0.2, 0.25) is 0 Å². The summed E-state index contributed by atoms with van der Waals surface area (Å²) in [6.07, 6.45) is 0.0974. The monoisotopic (exact) mass is 283 g/mol. The van der Waals surface area contributed by atoms with Gasteiger partial charge in [0.2, 0.25) is 5.91 Å². The van der Waals surface area contributed by atoms with Crippen molar-refractivity contribution in [2.75, 3.05) is 13.1 Å². The zero-order valence-electron chi connectivity index (χ0n) is 11.0. The maximum atomic E-state index is 12.1. The maximum absolute atomic E-state index is 12.1. The first kappa shape index (κ1) is 14.0. The molecule has 0 bridgehead atoms. The highest BCUT2D eigenvalue weighted by molar-refractivity contribution is 7.86. The largest absolute Gasteiger partial charge is 0.340 e. The normalized spacial score (nSPS) is 19.7. The van der Waals surface area contributed by atoms with Gasteiger partial charge in [0.1, 0.15) is 0 Å². The molecule has 19 heavy (non-hydrogen) atoms. The predicted molar refractivity (Wildman–Crippen MR) is 70.1 cm³/mol. The van der Waals surface area contributed by atoms with Gasteiger partial charge < -0.3 is 4.90 Å². The van der Waals surface area contributed by atoms with E-state index in [1.807, 2.05) is 6.92 Å². The summed E-state index contributed by atoms with van der Waals surface area (Å²) in [7, 11) is -3.75. The fourth-order valence-electron chi connectivity index (χ4n) is 2.03. The van der Waals surface area contributed by atoms with Gasteiger partial charge in [0.05, 0.1) is 11.0 Å². The molecule has 0 saturated carbocycles. The van der Waals surface area contributed by atoms with E-state index in [9.17, 15) is 13.2 Å². The number of hydrogen-bond acceptors (Lipinski definition) is 4. The van der Waals surface area contributed by atoms with Crippen LogP contribution in [0.4, 0.5) is 0 Å². The molecule has 1 aromatic rings. The zero-order valence-corrected chi connectivity index (χ0v) is 11.8. The second-order valence-electron chi connectivity index (χ2n) is 4.74. The van der Waals surface area contributed by atoms with Gasteiger partial charge in [-0.15, -0.1) is 0 Å². The Morgan fingerprint density at radius 3 is 2.47 bits per heavy atom. The van der Waals surface area contributed by atoms with Gasteiger partial charge >= 0.3 is 0 Å². The van der Waals surface area contributed by atoms with Crippen molar-refractivity contribution in [2.45, 2.75) is 31.3 Å². The van der Waals surface area contributed by atoms with Crippen molar-refractivity contribution in [3.05, 3.63) is 29.8 Å². The Bertz CT molecular complexity index is 565. The molecule has 1 aliphatic rings. The van der Waals surface area contributed by atoms with Crippen LogP contribution in [0.3, 0.4) is 0 Å². The lowest BCUT2D eigenvalue weighted by molar-refractivity contribution is -0.128. The van der Waals surface area contributed by atoms with Crippen LogP contribution in [0, 0.1) is 6.92 Å². The molecule has 1 atom stereocenters. The third-order valence-electron chi connectivity index (χ3n) is 3.16. The minimum atomic E-state index is -3.75. The van der Waals surface area contributed by atoms with Crippen molar-refractivity contribution in [3.63, 3.8) is 0 Å². The molecule has 1 saturated heterocycles. The maximum Gasteiger partial charge on any atom is 0.297 e. The van der Waals surface area contributed by atoms with Crippen LogP contribution < -0.4 is 0 Å². The average Bonchev–Trinajstić information content (AvgIpc) is 2.77. The van der Waals surface area contributed by atoms with Gasteiger partial charge in [-0.05, 0) is 25.5 Å². The Hall–Kier alpha value is -1.40. The molecule has 5 nitrogen and oxygen atoms in total. The van der Waals surface area contributed by atoms with E-state index in [-0.39, 0.29) is 10.8 Å². The van der Waals surface area contributed by atoms with Crippen LogP contribution in [0.25, 0.3) is 0 Å². The first-order chi connectivity index (χ1) is 8.88. The molecule has 104 valence electrons. The first-order valence-electron chi connectivity index (χ1n) is 6.14. The van der Waals surface area contributed by atoms with Gasteiger partial charge in [-0.2, -0.15) is 8.42 Å². The van der Waals surface area contributed by atoms with E-state index in [1.54, 1.807) is 17.0 Å². The lowest BCUT2D eigenvalue weighted by Crippen LogP contribution is -2.28. The van der Waals surface area contributed by atoms with Crippen molar-refractivity contribution in [1.82, 2.24) is 4.90 Å². The van der Waals surface area contributed by atoms with E-state index >= 15 is 0 Å². The molecule has 1 amide bonds. The summed E-state index contributed by atoms with van der Waals surface area (Å²) in [5, 5.41) is 0. The van der Waals surface area contributed by atoms with Crippen molar-refractivity contribution < 1.29 is 17.4 Å². The molecule has 6 heteroatoms. The van der Waals surface area contributed by atoms with Gasteiger partial charge in [-0.25, -0.2) is 0 Å². The second kappa shape index (κ2) is 5.30. The smallest absolute Gasteiger partial charge is 0.297 e. The summed E-state index contributed by atoms with van der Waals surface area (Å²) in [4.78, 5) is 12.9. The van der Waals surface area contributed by atoms with E-state index in [0.717, 1.165) is 5.56 Å². The lowest BCUT2D eigenvalue weighted by atomic mass is 10.2. The van der Waals surface area contributed by atoms with E-state index in [4.69, 9.17) is 4.18 Å². The molecule has 1 aliphatic heterocycles. The van der Waals surface area contributed by atoms with Crippen LogP contribution >= 0.6 is 0 Å². The van der Waals surface area contributed by atoms with E-state index in [2.05, 4.69) is 0 Å². The van der Waals surface area contributed by atoms with Gasteiger partial charge in [0.25, 0.3) is 10.1 Å². The number of nitrogens with zero attached hydrogens (tertiary/aromatic N) is 1. The zero-order chi connectivity index (χ0) is 14.0. The molecule has 1 aromatic carbocycles. The highest BCUT2D eigenvalue weighted by Gasteiger charge is 2.29. The molecule has 0 unspecified atom stereocenters. The van der Waals surface area contributed by atoms with E-state index in [0.29, 0.717) is 19.5 Å². The Morgan fingerprint density at radius 1 is 1.32 bits per heavy atom. The Kier molecular flexibility index (Phi) is 3.91. The summed E-state index contributed by atoms with van der Waals surface area (Å²) in [6, 6.07) is 6.52. The van der Waals surface area contributed by atoms with Crippen LogP contribution in [0.1, 0.15) is 18.9 Å². The molecule has 1 fully saturated rings. The second-order valence-corrected chi connectivity index (χ2v) is 6.31. The van der Waals surface area contributed by atoms with Crippen LogP contribution in [0.5, 0.6) is 0 Å². The van der Waals surface area contributed by atoms with Crippen molar-refractivity contribution >= 4 is 16.0 Å². The number of benzene rings is 1. The van der Waals surface area contributed by atoms with E-state index in [1.165, 1.54) is 19.1 Å². The van der Waals surface area contributed by atoms with Crippen molar-refractivity contribution in [3.8, 4) is 0 Å². The summed E-state index contributed by atoms with van der Waals surface area (Å²) >= 11 is 0. The molecule has 0 spiro atoms. The molecule has 2 rings (SSSR count). The molecular weight excluding hydrogens is 266 g/mol. The summed E-state index contributed by atoms with van der Waals surface area (Å²) in [5.41, 5.74) is 0.988. The standard InChI is InChI=1S/C13H17NO4S/c1-10-3-5-13(6-4-10)19(16,17)18-12-7-8-14(9-12)11(2)15/h3-6,12H,7-9H2,1-2H3/t12-/m0/s1. The van der Waals surface area contributed by atoms with Gasteiger partial charge in [0, 0.05) is 20.0 Å². The van der Waals surface area contributed by atoms with Gasteiger partial charge in [0.15, 0.2) is 0 Å². The molecule has 0 aromatic heterocycles. The molecule has 0 radical (unpaired) electrons. The number of amides is 1. The third kappa shape index (κ3) is 3.33. The molecule has 0 N–H and O–H groups in total. The number of likely N-dealkylation sites (tertiary alicyclic amines) is 1. The van der Waals surface area contributed by atoms with Gasteiger partial charge in [-0.1, -0.05) is 17.7 Å². The lowest BCUT2D eigenvalue weighted by Gasteiger charge is -2.14.